The molecular weight excluding hydrogens is 190 g/mol. The maximum absolute atomic E-state index is 8.42. The molecule has 0 aliphatic carbocycles. The summed E-state index contributed by atoms with van der Waals surface area (Å²) < 4.78 is 0. The van der Waals surface area contributed by atoms with Crippen molar-refractivity contribution in [3.63, 3.8) is 0 Å². The lowest BCUT2D eigenvalue weighted by atomic mass is 10.00. The van der Waals surface area contributed by atoms with Crippen molar-refractivity contribution in [2.75, 3.05) is 13.1 Å². The van der Waals surface area contributed by atoms with Gasteiger partial charge in [0.15, 0.2) is 0 Å². The van der Waals surface area contributed by atoms with Gasteiger partial charge in [0.25, 0.3) is 0 Å². The summed E-state index contributed by atoms with van der Waals surface area (Å²) >= 11 is 0. The molecule has 1 atom stereocenters. The second-order valence-electron chi connectivity index (χ2n) is 4.29. The second kappa shape index (κ2) is 6.67. The number of amidine groups is 1. The predicted octanol–water partition coefficient (Wildman–Crippen LogP) is 1.78. The highest BCUT2D eigenvalue weighted by atomic mass is 16.4. The Labute approximate surface area is 92.1 Å². The molecule has 1 aliphatic heterocycles. The average Bonchev–Trinajstić information content (AvgIpc) is 2.29. The smallest absolute Gasteiger partial charge is 0.139 e. The molecule has 4 heteroatoms. The lowest BCUT2D eigenvalue weighted by Crippen LogP contribution is -2.39. The van der Waals surface area contributed by atoms with Crippen LogP contribution in [-0.4, -0.2) is 35.1 Å². The summed E-state index contributed by atoms with van der Waals surface area (Å²) in [5.74, 6) is 0.347. The fourth-order valence-electron chi connectivity index (χ4n) is 2.33. The highest BCUT2D eigenvalue weighted by molar-refractivity contribution is 5.79. The van der Waals surface area contributed by atoms with Crippen molar-refractivity contribution in [1.29, 1.82) is 0 Å². The van der Waals surface area contributed by atoms with Crippen LogP contribution in [0.15, 0.2) is 5.16 Å². The zero-order valence-corrected chi connectivity index (χ0v) is 9.65. The Hall–Kier alpha value is -0.770. The van der Waals surface area contributed by atoms with Crippen LogP contribution in [0.3, 0.4) is 0 Å². The zero-order valence-electron chi connectivity index (χ0n) is 9.65. The van der Waals surface area contributed by atoms with Gasteiger partial charge in [0.1, 0.15) is 5.84 Å². The summed E-state index contributed by atoms with van der Waals surface area (Å²) in [4.78, 5) is 2.55. The standard InChI is InChI=1S/C11H23N3O/c1-2-10-6-3-4-8-14(10)9-5-7-11(12)13-15/h10,15H,2-9H2,1H3,(H2,12,13). The third kappa shape index (κ3) is 4.08. The van der Waals surface area contributed by atoms with E-state index in [1.807, 2.05) is 0 Å². The Kier molecular flexibility index (Phi) is 5.47. The van der Waals surface area contributed by atoms with Crippen LogP contribution in [0.25, 0.3) is 0 Å². The fourth-order valence-corrected chi connectivity index (χ4v) is 2.33. The number of nitrogens with two attached hydrogens (primary N) is 1. The number of oxime groups is 1. The van der Waals surface area contributed by atoms with E-state index in [4.69, 9.17) is 10.9 Å². The minimum absolute atomic E-state index is 0.347. The van der Waals surface area contributed by atoms with Crippen molar-refractivity contribution in [3.8, 4) is 0 Å². The molecule has 1 rings (SSSR count). The summed E-state index contributed by atoms with van der Waals surface area (Å²) in [6.45, 7) is 4.55. The van der Waals surface area contributed by atoms with Gasteiger partial charge in [0, 0.05) is 12.5 Å². The number of nitrogens with zero attached hydrogens (tertiary/aromatic N) is 2. The van der Waals surface area contributed by atoms with Gasteiger partial charge in [0.05, 0.1) is 0 Å². The van der Waals surface area contributed by atoms with Crippen LogP contribution < -0.4 is 5.73 Å². The monoisotopic (exact) mass is 213 g/mol. The number of hydrogen-bond acceptors (Lipinski definition) is 3. The lowest BCUT2D eigenvalue weighted by molar-refractivity contribution is 0.143. The van der Waals surface area contributed by atoms with Crippen LogP contribution in [0.4, 0.5) is 0 Å². The van der Waals surface area contributed by atoms with Gasteiger partial charge < -0.3 is 15.8 Å². The van der Waals surface area contributed by atoms with Crippen molar-refractivity contribution in [2.24, 2.45) is 10.9 Å². The van der Waals surface area contributed by atoms with E-state index < -0.39 is 0 Å². The minimum atomic E-state index is 0.347. The van der Waals surface area contributed by atoms with Gasteiger partial charge in [-0.05, 0) is 38.8 Å². The van der Waals surface area contributed by atoms with E-state index in [2.05, 4.69) is 17.0 Å². The molecule has 0 saturated carbocycles. The summed E-state index contributed by atoms with van der Waals surface area (Å²) in [5, 5.41) is 11.4. The summed E-state index contributed by atoms with van der Waals surface area (Å²) in [5.41, 5.74) is 5.44. The first-order valence-electron chi connectivity index (χ1n) is 5.98. The fraction of sp³-hybridized carbons (Fsp3) is 0.909. The van der Waals surface area contributed by atoms with E-state index in [1.54, 1.807) is 0 Å². The van der Waals surface area contributed by atoms with Crippen LogP contribution in [0.1, 0.15) is 45.4 Å². The molecule has 0 bridgehead atoms. The van der Waals surface area contributed by atoms with Gasteiger partial charge in [-0.1, -0.05) is 18.5 Å². The molecule has 0 aromatic carbocycles. The highest BCUT2D eigenvalue weighted by Crippen LogP contribution is 2.19. The third-order valence-electron chi connectivity index (χ3n) is 3.23. The first kappa shape index (κ1) is 12.3. The van der Waals surface area contributed by atoms with Crippen LogP contribution in [-0.2, 0) is 0 Å². The molecule has 0 spiro atoms. The van der Waals surface area contributed by atoms with Crippen molar-refractivity contribution < 1.29 is 5.21 Å². The van der Waals surface area contributed by atoms with Crippen LogP contribution in [0.5, 0.6) is 0 Å². The summed E-state index contributed by atoms with van der Waals surface area (Å²) in [7, 11) is 0. The molecule has 0 radical (unpaired) electrons. The Bertz CT molecular complexity index is 206. The molecule has 1 aliphatic rings. The Morgan fingerprint density at radius 2 is 2.33 bits per heavy atom. The Morgan fingerprint density at radius 1 is 1.53 bits per heavy atom. The topological polar surface area (TPSA) is 61.8 Å². The molecule has 1 heterocycles. The number of hydrogen-bond donors (Lipinski definition) is 2. The lowest BCUT2D eigenvalue weighted by Gasteiger charge is -2.35. The molecule has 3 N–H and O–H groups in total. The largest absolute Gasteiger partial charge is 0.409 e. The Balaban J connectivity index is 2.23. The van der Waals surface area contributed by atoms with Gasteiger partial charge in [-0.25, -0.2) is 0 Å². The first-order chi connectivity index (χ1) is 7.27. The molecule has 15 heavy (non-hydrogen) atoms. The van der Waals surface area contributed by atoms with E-state index in [-0.39, 0.29) is 0 Å². The van der Waals surface area contributed by atoms with E-state index in [0.29, 0.717) is 12.3 Å². The number of piperidine rings is 1. The Morgan fingerprint density at radius 3 is 3.00 bits per heavy atom. The number of rotatable bonds is 5. The average molecular weight is 213 g/mol. The van der Waals surface area contributed by atoms with Crippen LogP contribution >= 0.6 is 0 Å². The second-order valence-corrected chi connectivity index (χ2v) is 4.29. The maximum Gasteiger partial charge on any atom is 0.139 e. The van der Waals surface area contributed by atoms with Gasteiger partial charge >= 0.3 is 0 Å². The molecule has 0 aromatic heterocycles. The van der Waals surface area contributed by atoms with Crippen molar-refractivity contribution >= 4 is 5.84 Å². The molecular formula is C11H23N3O. The third-order valence-corrected chi connectivity index (χ3v) is 3.23. The van der Waals surface area contributed by atoms with Crippen molar-refractivity contribution in [3.05, 3.63) is 0 Å². The van der Waals surface area contributed by atoms with Crippen LogP contribution in [0.2, 0.25) is 0 Å². The molecule has 4 nitrogen and oxygen atoms in total. The SMILES string of the molecule is CCC1CCCCN1CCC/C(N)=N/O. The van der Waals surface area contributed by atoms with E-state index in [9.17, 15) is 0 Å². The molecule has 1 saturated heterocycles. The molecule has 0 aromatic rings. The normalized spacial score (nSPS) is 24.3. The van der Waals surface area contributed by atoms with Gasteiger partial charge in [-0.15, -0.1) is 0 Å². The number of likely N-dealkylation sites (tertiary alicyclic amines) is 1. The van der Waals surface area contributed by atoms with E-state index >= 15 is 0 Å². The van der Waals surface area contributed by atoms with Gasteiger partial charge in [-0.2, -0.15) is 0 Å². The summed E-state index contributed by atoms with van der Waals surface area (Å²) in [6, 6.07) is 0.756. The van der Waals surface area contributed by atoms with Crippen LogP contribution in [0, 0.1) is 0 Å². The maximum atomic E-state index is 8.42. The van der Waals surface area contributed by atoms with Crippen molar-refractivity contribution in [2.45, 2.75) is 51.5 Å². The van der Waals surface area contributed by atoms with Gasteiger partial charge in [0.2, 0.25) is 0 Å². The molecule has 1 fully saturated rings. The zero-order chi connectivity index (χ0) is 11.1. The molecule has 1 unspecified atom stereocenters. The highest BCUT2D eigenvalue weighted by Gasteiger charge is 2.19. The quantitative estimate of drug-likeness (QED) is 0.317. The van der Waals surface area contributed by atoms with Crippen molar-refractivity contribution in [1.82, 2.24) is 4.90 Å². The van der Waals surface area contributed by atoms with E-state index in [1.165, 1.54) is 32.2 Å². The predicted molar refractivity (Wildman–Crippen MR) is 62.1 cm³/mol. The molecule has 88 valence electrons. The summed E-state index contributed by atoms with van der Waals surface area (Å²) in [6.07, 6.45) is 6.95. The minimum Gasteiger partial charge on any atom is -0.409 e. The van der Waals surface area contributed by atoms with E-state index in [0.717, 1.165) is 19.0 Å². The molecule has 0 amide bonds. The van der Waals surface area contributed by atoms with Gasteiger partial charge in [-0.3, -0.25) is 0 Å². The first-order valence-corrected chi connectivity index (χ1v) is 5.98.